The molecule has 118 valence electrons. The van der Waals surface area contributed by atoms with Crippen LogP contribution in [0.4, 0.5) is 0 Å². The Kier molecular flexibility index (Phi) is 6.21. The second-order valence-electron chi connectivity index (χ2n) is 6.00. The Balaban J connectivity index is 1.78. The number of amides is 1. The molecule has 0 spiro atoms. The summed E-state index contributed by atoms with van der Waals surface area (Å²) in [5, 5.41) is 8.65. The molecule has 0 bridgehead atoms. The van der Waals surface area contributed by atoms with Gasteiger partial charge in [0.05, 0.1) is 4.88 Å². The Labute approximate surface area is 131 Å². The summed E-state index contributed by atoms with van der Waals surface area (Å²) < 4.78 is 0. The van der Waals surface area contributed by atoms with E-state index < -0.39 is 5.91 Å². The van der Waals surface area contributed by atoms with E-state index in [0.29, 0.717) is 10.8 Å². The lowest BCUT2D eigenvalue weighted by Gasteiger charge is -2.31. The fraction of sp³-hybridized carbons (Fsp3) is 0.688. The molecule has 21 heavy (non-hydrogen) atoms. The standard InChI is InChI=1S/C16H26N2O2S/c1-3-18-10-8-13(9-11-18)5-4-12(2)14-6-7-15(21-14)16(19)17-20/h6-7,12-13,20H,3-5,8-11H2,1-2H3,(H,17,19)/t12-/m0/s1. The lowest BCUT2D eigenvalue weighted by molar-refractivity contribution is 0.0711. The zero-order valence-electron chi connectivity index (χ0n) is 13.0. The van der Waals surface area contributed by atoms with Crippen molar-refractivity contribution in [2.75, 3.05) is 19.6 Å². The first-order valence-corrected chi connectivity index (χ1v) is 8.72. The number of carbonyl (C=O) groups excluding carboxylic acids is 1. The van der Waals surface area contributed by atoms with Crippen LogP contribution >= 0.6 is 11.3 Å². The van der Waals surface area contributed by atoms with Gasteiger partial charge in [0.1, 0.15) is 0 Å². The van der Waals surface area contributed by atoms with Crippen LogP contribution in [0, 0.1) is 5.92 Å². The predicted octanol–water partition coefficient (Wildman–Crippen LogP) is 3.48. The van der Waals surface area contributed by atoms with Gasteiger partial charge in [-0.15, -0.1) is 11.3 Å². The maximum Gasteiger partial charge on any atom is 0.284 e. The van der Waals surface area contributed by atoms with Crippen molar-refractivity contribution in [1.82, 2.24) is 10.4 Å². The number of piperidine rings is 1. The van der Waals surface area contributed by atoms with Crippen molar-refractivity contribution in [3.63, 3.8) is 0 Å². The van der Waals surface area contributed by atoms with Crippen LogP contribution < -0.4 is 5.48 Å². The molecule has 2 rings (SSSR count). The molecule has 0 aromatic carbocycles. The summed E-state index contributed by atoms with van der Waals surface area (Å²) in [4.78, 5) is 15.7. The molecule has 0 saturated carbocycles. The fourth-order valence-electron chi connectivity index (χ4n) is 3.01. The Hall–Kier alpha value is -0.910. The predicted molar refractivity (Wildman–Crippen MR) is 86.1 cm³/mol. The van der Waals surface area contributed by atoms with Crippen LogP contribution in [0.2, 0.25) is 0 Å². The van der Waals surface area contributed by atoms with Gasteiger partial charge < -0.3 is 4.90 Å². The quantitative estimate of drug-likeness (QED) is 0.625. The number of carbonyl (C=O) groups is 1. The largest absolute Gasteiger partial charge is 0.304 e. The van der Waals surface area contributed by atoms with E-state index in [9.17, 15) is 4.79 Å². The topological polar surface area (TPSA) is 52.6 Å². The summed E-state index contributed by atoms with van der Waals surface area (Å²) in [7, 11) is 0. The molecule has 0 radical (unpaired) electrons. The molecule has 1 atom stereocenters. The van der Waals surface area contributed by atoms with E-state index in [2.05, 4.69) is 18.7 Å². The minimum Gasteiger partial charge on any atom is -0.304 e. The summed E-state index contributed by atoms with van der Waals surface area (Å²) in [5.41, 5.74) is 1.69. The number of nitrogens with zero attached hydrogens (tertiary/aromatic N) is 1. The van der Waals surface area contributed by atoms with Gasteiger partial charge in [0, 0.05) is 4.88 Å². The summed E-state index contributed by atoms with van der Waals surface area (Å²) in [6, 6.07) is 3.81. The van der Waals surface area contributed by atoms with Gasteiger partial charge in [-0.05, 0) is 69.3 Å². The van der Waals surface area contributed by atoms with Crippen LogP contribution in [-0.4, -0.2) is 35.6 Å². The van der Waals surface area contributed by atoms with Gasteiger partial charge in [-0.2, -0.15) is 0 Å². The average Bonchev–Trinajstić information content (AvgIpc) is 3.02. The van der Waals surface area contributed by atoms with Crippen molar-refractivity contribution in [2.45, 2.75) is 45.4 Å². The number of nitrogens with one attached hydrogen (secondary N) is 1. The minimum atomic E-state index is -0.412. The molecule has 5 heteroatoms. The molecule has 1 aliphatic heterocycles. The van der Waals surface area contributed by atoms with E-state index in [1.807, 2.05) is 6.07 Å². The van der Waals surface area contributed by atoms with Crippen LogP contribution in [0.1, 0.15) is 60.0 Å². The van der Waals surface area contributed by atoms with E-state index in [-0.39, 0.29) is 0 Å². The van der Waals surface area contributed by atoms with E-state index in [1.165, 1.54) is 61.5 Å². The van der Waals surface area contributed by atoms with Crippen LogP contribution in [0.25, 0.3) is 0 Å². The molecule has 1 fully saturated rings. The molecule has 2 heterocycles. The highest BCUT2D eigenvalue weighted by molar-refractivity contribution is 7.14. The second-order valence-corrected chi connectivity index (χ2v) is 7.11. The Bertz CT molecular complexity index is 453. The van der Waals surface area contributed by atoms with Gasteiger partial charge in [0.15, 0.2) is 0 Å². The van der Waals surface area contributed by atoms with E-state index in [4.69, 9.17) is 5.21 Å². The monoisotopic (exact) mass is 310 g/mol. The number of rotatable bonds is 6. The third-order valence-corrected chi connectivity index (χ3v) is 5.92. The smallest absolute Gasteiger partial charge is 0.284 e. The maximum absolute atomic E-state index is 11.4. The molecule has 0 aliphatic carbocycles. The molecule has 1 amide bonds. The highest BCUT2D eigenvalue weighted by Gasteiger charge is 2.19. The molecule has 1 aromatic rings. The third-order valence-electron chi connectivity index (χ3n) is 4.60. The first-order valence-electron chi connectivity index (χ1n) is 7.90. The number of likely N-dealkylation sites (tertiary alicyclic amines) is 1. The Morgan fingerprint density at radius 3 is 2.81 bits per heavy atom. The van der Waals surface area contributed by atoms with Gasteiger partial charge in [0.2, 0.25) is 0 Å². The average molecular weight is 310 g/mol. The highest BCUT2D eigenvalue weighted by atomic mass is 32.1. The third kappa shape index (κ3) is 4.53. The molecular weight excluding hydrogens is 284 g/mol. The lowest BCUT2D eigenvalue weighted by Crippen LogP contribution is -2.33. The molecule has 1 aromatic heterocycles. The molecule has 4 nitrogen and oxygen atoms in total. The zero-order chi connectivity index (χ0) is 15.2. The Morgan fingerprint density at radius 1 is 1.48 bits per heavy atom. The van der Waals surface area contributed by atoms with Crippen molar-refractivity contribution in [3.8, 4) is 0 Å². The van der Waals surface area contributed by atoms with Gasteiger partial charge in [-0.3, -0.25) is 10.0 Å². The van der Waals surface area contributed by atoms with Crippen molar-refractivity contribution in [1.29, 1.82) is 0 Å². The highest BCUT2D eigenvalue weighted by Crippen LogP contribution is 2.31. The summed E-state index contributed by atoms with van der Waals surface area (Å²) in [6.45, 7) is 8.13. The van der Waals surface area contributed by atoms with Gasteiger partial charge in [0.25, 0.3) is 5.91 Å². The second kappa shape index (κ2) is 7.92. The van der Waals surface area contributed by atoms with Gasteiger partial charge in [-0.25, -0.2) is 5.48 Å². The lowest BCUT2D eigenvalue weighted by atomic mass is 9.89. The van der Waals surface area contributed by atoms with Crippen LogP contribution in [0.3, 0.4) is 0 Å². The van der Waals surface area contributed by atoms with Gasteiger partial charge in [-0.1, -0.05) is 13.8 Å². The fourth-order valence-corrected chi connectivity index (χ4v) is 4.00. The SMILES string of the molecule is CCN1CCC(CC[C@H](C)c2ccc(C(=O)NO)s2)CC1. The van der Waals surface area contributed by atoms with Crippen molar-refractivity contribution >= 4 is 17.2 Å². The number of hydrogen-bond acceptors (Lipinski definition) is 4. The molecule has 2 N–H and O–H groups in total. The van der Waals surface area contributed by atoms with E-state index in [0.717, 1.165) is 5.92 Å². The first-order chi connectivity index (χ1) is 10.1. The summed E-state index contributed by atoms with van der Waals surface area (Å²) >= 11 is 1.48. The molecule has 1 aliphatic rings. The first kappa shape index (κ1) is 16.5. The van der Waals surface area contributed by atoms with Crippen LogP contribution in [0.5, 0.6) is 0 Å². The van der Waals surface area contributed by atoms with E-state index in [1.54, 1.807) is 11.5 Å². The molecule has 0 unspecified atom stereocenters. The van der Waals surface area contributed by atoms with Crippen LogP contribution in [0.15, 0.2) is 12.1 Å². The van der Waals surface area contributed by atoms with Crippen LogP contribution in [-0.2, 0) is 0 Å². The van der Waals surface area contributed by atoms with Gasteiger partial charge >= 0.3 is 0 Å². The maximum atomic E-state index is 11.4. The number of hydroxylamine groups is 1. The number of hydrogen-bond donors (Lipinski definition) is 2. The van der Waals surface area contributed by atoms with E-state index >= 15 is 0 Å². The van der Waals surface area contributed by atoms with Crippen molar-refractivity contribution in [2.24, 2.45) is 5.92 Å². The molecular formula is C16H26N2O2S. The number of thiophene rings is 1. The van der Waals surface area contributed by atoms with Crippen molar-refractivity contribution < 1.29 is 10.0 Å². The molecule has 1 saturated heterocycles. The normalized spacial score (nSPS) is 18.6. The minimum absolute atomic E-state index is 0.412. The Morgan fingerprint density at radius 2 is 2.19 bits per heavy atom. The summed E-state index contributed by atoms with van der Waals surface area (Å²) in [6.07, 6.45) is 5.10. The summed E-state index contributed by atoms with van der Waals surface area (Å²) in [5.74, 6) is 0.931. The zero-order valence-corrected chi connectivity index (χ0v) is 13.8. The van der Waals surface area contributed by atoms with Crippen molar-refractivity contribution in [3.05, 3.63) is 21.9 Å².